The third-order valence-electron chi connectivity index (χ3n) is 2.15. The zero-order valence-corrected chi connectivity index (χ0v) is 9.98. The molecular weight excluding hydrogens is 248 g/mol. The summed E-state index contributed by atoms with van der Waals surface area (Å²) in [6, 6.07) is 0. The Morgan fingerprint density at radius 1 is 1.71 bits per heavy atom. The molecule has 1 heterocycles. The number of carbonyl (C=O) groups excluding carboxylic acids is 2. The number of nitrogens with one attached hydrogen (secondary N) is 2. The van der Waals surface area contributed by atoms with Gasteiger partial charge in [-0.3, -0.25) is 9.59 Å². The van der Waals surface area contributed by atoms with Gasteiger partial charge in [-0.2, -0.15) is 0 Å². The highest BCUT2D eigenvalue weighted by Crippen LogP contribution is 2.16. The molecule has 1 aliphatic rings. The molecule has 1 rings (SSSR count). The van der Waals surface area contributed by atoms with Gasteiger partial charge in [-0.15, -0.1) is 0 Å². The first-order chi connectivity index (χ1) is 6.39. The van der Waals surface area contributed by atoms with Gasteiger partial charge in [0.1, 0.15) is 0 Å². The largest absolute Gasteiger partial charge is 0.356 e. The quantitative estimate of drug-likeness (QED) is 0.725. The Morgan fingerprint density at radius 2 is 2.36 bits per heavy atom. The van der Waals surface area contributed by atoms with E-state index in [1.807, 2.05) is 0 Å². The van der Waals surface area contributed by atoms with E-state index in [0.717, 1.165) is 0 Å². The monoisotopic (exact) mass is 262 g/mol. The van der Waals surface area contributed by atoms with Crippen LogP contribution in [0.2, 0.25) is 0 Å². The van der Waals surface area contributed by atoms with E-state index in [1.165, 1.54) is 0 Å². The lowest BCUT2D eigenvalue weighted by atomic mass is 10.1. The van der Waals surface area contributed by atoms with Gasteiger partial charge >= 0.3 is 0 Å². The molecule has 0 saturated carbocycles. The Balaban J connectivity index is 2.28. The number of carbonyl (C=O) groups is 2. The van der Waals surface area contributed by atoms with Gasteiger partial charge in [-0.05, 0) is 13.8 Å². The van der Waals surface area contributed by atoms with Gasteiger partial charge < -0.3 is 10.6 Å². The summed E-state index contributed by atoms with van der Waals surface area (Å²) in [5.74, 6) is 0.264. The van der Waals surface area contributed by atoms with Crippen LogP contribution in [0.3, 0.4) is 0 Å². The highest BCUT2D eigenvalue weighted by molar-refractivity contribution is 9.10. The molecule has 0 bridgehead atoms. The maximum atomic E-state index is 11.4. The van der Waals surface area contributed by atoms with E-state index in [4.69, 9.17) is 0 Å². The normalized spacial score (nSPS) is 21.9. The molecule has 2 N–H and O–H groups in total. The van der Waals surface area contributed by atoms with Crippen molar-refractivity contribution in [1.82, 2.24) is 10.6 Å². The summed E-state index contributed by atoms with van der Waals surface area (Å²) in [7, 11) is 0. The summed E-state index contributed by atoms with van der Waals surface area (Å²) in [6.07, 6.45) is 0.517. The number of amides is 2. The van der Waals surface area contributed by atoms with E-state index in [2.05, 4.69) is 26.6 Å². The standard InChI is InChI=1S/C9H15BrN2O2/c1-9(2,10)8(14)12-5-6-3-7(13)11-4-6/h6H,3-5H2,1-2H3,(H,11,13)(H,12,14). The van der Waals surface area contributed by atoms with Gasteiger partial charge in [-0.25, -0.2) is 0 Å². The van der Waals surface area contributed by atoms with E-state index in [-0.39, 0.29) is 17.7 Å². The fourth-order valence-electron chi connectivity index (χ4n) is 1.26. The summed E-state index contributed by atoms with van der Waals surface area (Å²) < 4.78 is -0.539. The Kier molecular flexibility index (Phi) is 3.53. The Morgan fingerprint density at radius 3 is 2.79 bits per heavy atom. The van der Waals surface area contributed by atoms with E-state index in [0.29, 0.717) is 19.5 Å². The average Bonchev–Trinajstić information content (AvgIpc) is 2.45. The number of hydrogen-bond acceptors (Lipinski definition) is 2. The van der Waals surface area contributed by atoms with Gasteiger partial charge in [0, 0.05) is 25.4 Å². The topological polar surface area (TPSA) is 58.2 Å². The lowest BCUT2D eigenvalue weighted by Gasteiger charge is -2.17. The van der Waals surface area contributed by atoms with Crippen molar-refractivity contribution in [3.8, 4) is 0 Å². The van der Waals surface area contributed by atoms with Gasteiger partial charge in [-0.1, -0.05) is 15.9 Å². The minimum Gasteiger partial charge on any atom is -0.356 e. The fraction of sp³-hybridized carbons (Fsp3) is 0.778. The molecule has 2 amide bonds. The third kappa shape index (κ3) is 3.29. The van der Waals surface area contributed by atoms with Crippen molar-refractivity contribution in [3.05, 3.63) is 0 Å². The first-order valence-corrected chi connectivity index (χ1v) is 5.43. The number of rotatable bonds is 3. The average molecular weight is 263 g/mol. The van der Waals surface area contributed by atoms with Crippen LogP contribution in [0.4, 0.5) is 0 Å². The van der Waals surface area contributed by atoms with E-state index in [1.54, 1.807) is 13.8 Å². The first-order valence-electron chi connectivity index (χ1n) is 4.63. The summed E-state index contributed by atoms with van der Waals surface area (Å²) in [4.78, 5) is 22.3. The zero-order chi connectivity index (χ0) is 10.8. The van der Waals surface area contributed by atoms with Crippen molar-refractivity contribution in [2.45, 2.75) is 24.6 Å². The van der Waals surface area contributed by atoms with Crippen molar-refractivity contribution in [3.63, 3.8) is 0 Å². The molecule has 5 heteroatoms. The van der Waals surface area contributed by atoms with Crippen molar-refractivity contribution < 1.29 is 9.59 Å². The second-order valence-corrected chi connectivity index (χ2v) is 6.04. The van der Waals surface area contributed by atoms with Crippen LogP contribution < -0.4 is 10.6 Å². The minimum atomic E-state index is -0.539. The zero-order valence-electron chi connectivity index (χ0n) is 8.39. The van der Waals surface area contributed by atoms with Crippen LogP contribution in [0.25, 0.3) is 0 Å². The number of alkyl halides is 1. The Labute approximate surface area is 91.9 Å². The Bertz CT molecular complexity index is 248. The van der Waals surface area contributed by atoms with Crippen LogP contribution in [0, 0.1) is 5.92 Å². The second kappa shape index (κ2) is 4.29. The summed E-state index contributed by atoms with van der Waals surface area (Å²) >= 11 is 3.27. The smallest absolute Gasteiger partial charge is 0.236 e. The van der Waals surface area contributed by atoms with Gasteiger partial charge in [0.05, 0.1) is 4.32 Å². The molecule has 1 atom stereocenters. The highest BCUT2D eigenvalue weighted by atomic mass is 79.9. The summed E-state index contributed by atoms with van der Waals surface area (Å²) in [5.41, 5.74) is 0. The third-order valence-corrected chi connectivity index (χ3v) is 2.51. The molecular formula is C9H15BrN2O2. The SMILES string of the molecule is CC(C)(Br)C(=O)NCC1CNC(=O)C1. The van der Waals surface area contributed by atoms with Crippen molar-refractivity contribution in [2.75, 3.05) is 13.1 Å². The van der Waals surface area contributed by atoms with Crippen molar-refractivity contribution in [1.29, 1.82) is 0 Å². The summed E-state index contributed by atoms with van der Waals surface area (Å²) in [5, 5.41) is 5.54. The predicted molar refractivity (Wildman–Crippen MR) is 57.1 cm³/mol. The molecule has 1 fully saturated rings. The van der Waals surface area contributed by atoms with Crippen LogP contribution >= 0.6 is 15.9 Å². The molecule has 0 aromatic heterocycles. The second-order valence-electron chi connectivity index (χ2n) is 4.06. The molecule has 1 saturated heterocycles. The number of hydrogen-bond donors (Lipinski definition) is 2. The molecule has 0 aromatic carbocycles. The molecule has 1 aliphatic heterocycles. The molecule has 4 nitrogen and oxygen atoms in total. The van der Waals surface area contributed by atoms with E-state index < -0.39 is 4.32 Å². The molecule has 0 spiro atoms. The predicted octanol–water partition coefficient (Wildman–Crippen LogP) is 0.412. The highest BCUT2D eigenvalue weighted by Gasteiger charge is 2.26. The van der Waals surface area contributed by atoms with Gasteiger partial charge in [0.2, 0.25) is 11.8 Å². The van der Waals surface area contributed by atoms with Crippen molar-refractivity contribution >= 4 is 27.7 Å². The molecule has 80 valence electrons. The maximum absolute atomic E-state index is 11.4. The molecule has 0 radical (unpaired) electrons. The van der Waals surface area contributed by atoms with Crippen LogP contribution in [0.1, 0.15) is 20.3 Å². The molecule has 14 heavy (non-hydrogen) atoms. The van der Waals surface area contributed by atoms with Crippen LogP contribution in [-0.2, 0) is 9.59 Å². The van der Waals surface area contributed by atoms with Crippen LogP contribution in [0.15, 0.2) is 0 Å². The van der Waals surface area contributed by atoms with Gasteiger partial charge in [0.15, 0.2) is 0 Å². The molecule has 1 unspecified atom stereocenters. The minimum absolute atomic E-state index is 0.0446. The maximum Gasteiger partial charge on any atom is 0.236 e. The van der Waals surface area contributed by atoms with E-state index in [9.17, 15) is 9.59 Å². The van der Waals surface area contributed by atoms with E-state index >= 15 is 0 Å². The lowest BCUT2D eigenvalue weighted by Crippen LogP contribution is -2.40. The Hall–Kier alpha value is -0.580. The van der Waals surface area contributed by atoms with Gasteiger partial charge in [0.25, 0.3) is 0 Å². The molecule has 0 aliphatic carbocycles. The van der Waals surface area contributed by atoms with Crippen LogP contribution in [0.5, 0.6) is 0 Å². The first kappa shape index (κ1) is 11.5. The van der Waals surface area contributed by atoms with Crippen molar-refractivity contribution in [2.24, 2.45) is 5.92 Å². The number of halogens is 1. The molecule has 0 aromatic rings. The van der Waals surface area contributed by atoms with Crippen LogP contribution in [-0.4, -0.2) is 29.2 Å². The fourth-order valence-corrected chi connectivity index (χ4v) is 1.40. The summed E-state index contributed by atoms with van der Waals surface area (Å²) in [6.45, 7) is 4.81. The lowest BCUT2D eigenvalue weighted by molar-refractivity contribution is -0.123.